The van der Waals surface area contributed by atoms with Gasteiger partial charge in [0.25, 0.3) is 5.91 Å². The van der Waals surface area contributed by atoms with Crippen molar-refractivity contribution in [1.29, 1.82) is 0 Å². The van der Waals surface area contributed by atoms with E-state index in [0.29, 0.717) is 23.7 Å². The number of piperidine rings is 1. The molecule has 2 aromatic carbocycles. The van der Waals surface area contributed by atoms with Gasteiger partial charge < -0.3 is 15.1 Å². The van der Waals surface area contributed by atoms with Gasteiger partial charge in [0.15, 0.2) is 0 Å². The molecule has 0 spiro atoms. The van der Waals surface area contributed by atoms with E-state index in [4.69, 9.17) is 11.6 Å². The second-order valence-electron chi connectivity index (χ2n) is 9.11. The first-order valence-electron chi connectivity index (χ1n) is 12.3. The molecule has 0 aromatic heterocycles. The molecule has 6 heteroatoms. The summed E-state index contributed by atoms with van der Waals surface area (Å²) in [6.07, 6.45) is 5.61. The fourth-order valence-corrected chi connectivity index (χ4v) is 5.34. The molecule has 1 fully saturated rings. The first-order chi connectivity index (χ1) is 16.1. The molecule has 4 rings (SSSR count). The number of nitrogens with zero attached hydrogens (tertiary/aromatic N) is 2. The number of hydrogen-bond donors (Lipinski definition) is 1. The SMILES string of the molecule is CCCCN1C(=O)c2ccccc2C(C(=O)NCCN2CCCCC2)C1c1cccc(Cl)c1. The van der Waals surface area contributed by atoms with Crippen LogP contribution in [0.15, 0.2) is 48.5 Å². The standard InChI is InChI=1S/C27H34ClN3O2/c1-2-3-17-31-25(20-10-9-11-21(28)19-20)24(22-12-5-6-13-23(22)27(31)33)26(32)29-14-18-30-15-7-4-8-16-30/h5-6,9-13,19,24-25H,2-4,7-8,14-18H2,1H3,(H,29,32). The number of fused-ring (bicyclic) bond motifs is 1. The molecule has 5 nitrogen and oxygen atoms in total. The monoisotopic (exact) mass is 467 g/mol. The average Bonchev–Trinajstić information content (AvgIpc) is 2.84. The number of hydrogen-bond acceptors (Lipinski definition) is 3. The van der Waals surface area contributed by atoms with E-state index in [-0.39, 0.29) is 17.9 Å². The lowest BCUT2D eigenvalue weighted by Crippen LogP contribution is -2.48. The van der Waals surface area contributed by atoms with Crippen LogP contribution in [0, 0.1) is 0 Å². The van der Waals surface area contributed by atoms with Crippen molar-refractivity contribution in [2.24, 2.45) is 0 Å². The van der Waals surface area contributed by atoms with Crippen molar-refractivity contribution in [3.8, 4) is 0 Å². The third-order valence-electron chi connectivity index (χ3n) is 6.84. The number of benzene rings is 2. The van der Waals surface area contributed by atoms with Crippen LogP contribution >= 0.6 is 11.6 Å². The summed E-state index contributed by atoms with van der Waals surface area (Å²) in [6, 6.07) is 14.8. The van der Waals surface area contributed by atoms with E-state index in [9.17, 15) is 9.59 Å². The highest BCUT2D eigenvalue weighted by Crippen LogP contribution is 2.43. The Bertz CT molecular complexity index is 973. The normalized spacial score (nSPS) is 21.0. The van der Waals surface area contributed by atoms with Gasteiger partial charge in [0.1, 0.15) is 0 Å². The minimum absolute atomic E-state index is 0.0126. The fourth-order valence-electron chi connectivity index (χ4n) is 5.14. The van der Waals surface area contributed by atoms with Gasteiger partial charge >= 0.3 is 0 Å². The van der Waals surface area contributed by atoms with Gasteiger partial charge in [-0.1, -0.05) is 61.7 Å². The van der Waals surface area contributed by atoms with Crippen LogP contribution in [0.25, 0.3) is 0 Å². The Labute approximate surface area is 202 Å². The smallest absolute Gasteiger partial charge is 0.254 e. The molecule has 2 heterocycles. The number of likely N-dealkylation sites (tertiary alicyclic amines) is 1. The molecule has 33 heavy (non-hydrogen) atoms. The lowest BCUT2D eigenvalue weighted by molar-refractivity contribution is -0.124. The van der Waals surface area contributed by atoms with E-state index in [2.05, 4.69) is 17.1 Å². The van der Waals surface area contributed by atoms with Crippen LogP contribution in [0.1, 0.15) is 72.5 Å². The first kappa shape index (κ1) is 23.8. The van der Waals surface area contributed by atoms with Gasteiger partial charge in [-0.05, 0) is 61.7 Å². The zero-order chi connectivity index (χ0) is 23.2. The molecule has 1 saturated heterocycles. The summed E-state index contributed by atoms with van der Waals surface area (Å²) in [5.41, 5.74) is 2.33. The molecular formula is C27H34ClN3O2. The molecular weight excluding hydrogens is 434 g/mol. The number of amides is 2. The van der Waals surface area contributed by atoms with Gasteiger partial charge in [-0.3, -0.25) is 9.59 Å². The van der Waals surface area contributed by atoms with Crippen molar-refractivity contribution < 1.29 is 9.59 Å². The number of rotatable bonds is 8. The molecule has 1 N–H and O–H groups in total. The summed E-state index contributed by atoms with van der Waals surface area (Å²) in [5, 5.41) is 3.80. The largest absolute Gasteiger partial charge is 0.354 e. The van der Waals surface area contributed by atoms with Crippen LogP contribution < -0.4 is 5.32 Å². The van der Waals surface area contributed by atoms with E-state index >= 15 is 0 Å². The second-order valence-corrected chi connectivity index (χ2v) is 9.55. The van der Waals surface area contributed by atoms with E-state index < -0.39 is 5.92 Å². The Kier molecular flexibility index (Phi) is 8.05. The lowest BCUT2D eigenvalue weighted by atomic mass is 9.79. The lowest BCUT2D eigenvalue weighted by Gasteiger charge is -2.42. The Morgan fingerprint density at radius 3 is 2.61 bits per heavy atom. The predicted octanol–water partition coefficient (Wildman–Crippen LogP) is 5.02. The van der Waals surface area contributed by atoms with Crippen LogP contribution in [0.4, 0.5) is 0 Å². The second kappa shape index (κ2) is 11.2. The highest BCUT2D eigenvalue weighted by atomic mass is 35.5. The first-order valence-corrected chi connectivity index (χ1v) is 12.6. The van der Waals surface area contributed by atoms with Crippen LogP contribution in [-0.4, -0.2) is 54.3 Å². The zero-order valence-corrected chi connectivity index (χ0v) is 20.2. The summed E-state index contributed by atoms with van der Waals surface area (Å²) in [4.78, 5) is 31.5. The van der Waals surface area contributed by atoms with Crippen LogP contribution in [0.5, 0.6) is 0 Å². The van der Waals surface area contributed by atoms with Crippen molar-refractivity contribution in [2.45, 2.75) is 51.0 Å². The van der Waals surface area contributed by atoms with Gasteiger partial charge in [-0.25, -0.2) is 0 Å². The quantitative estimate of drug-likeness (QED) is 0.592. The summed E-state index contributed by atoms with van der Waals surface area (Å²) in [7, 11) is 0. The molecule has 176 valence electrons. The van der Waals surface area contributed by atoms with Gasteiger partial charge in [0.2, 0.25) is 5.91 Å². The number of unbranched alkanes of at least 4 members (excludes halogenated alkanes) is 1. The van der Waals surface area contributed by atoms with Crippen molar-refractivity contribution >= 4 is 23.4 Å². The molecule has 2 aromatic rings. The number of carbonyl (C=O) groups excluding carboxylic acids is 2. The van der Waals surface area contributed by atoms with Crippen molar-refractivity contribution in [1.82, 2.24) is 15.1 Å². The maximum atomic E-state index is 13.7. The molecule has 2 unspecified atom stereocenters. The minimum atomic E-state index is -0.476. The Hall–Kier alpha value is -2.37. The molecule has 0 aliphatic carbocycles. The van der Waals surface area contributed by atoms with E-state index in [1.54, 1.807) is 0 Å². The molecule has 0 saturated carbocycles. The van der Waals surface area contributed by atoms with E-state index in [1.807, 2.05) is 53.4 Å². The van der Waals surface area contributed by atoms with Gasteiger partial charge in [0.05, 0.1) is 12.0 Å². The van der Waals surface area contributed by atoms with Gasteiger partial charge in [-0.2, -0.15) is 0 Å². The number of carbonyl (C=O) groups is 2. The van der Waals surface area contributed by atoms with Gasteiger partial charge in [-0.15, -0.1) is 0 Å². The topological polar surface area (TPSA) is 52.7 Å². The highest BCUT2D eigenvalue weighted by molar-refractivity contribution is 6.30. The maximum absolute atomic E-state index is 13.7. The number of nitrogens with one attached hydrogen (secondary N) is 1. The van der Waals surface area contributed by atoms with Crippen molar-refractivity contribution in [3.05, 3.63) is 70.2 Å². The van der Waals surface area contributed by atoms with Crippen LogP contribution in [-0.2, 0) is 4.79 Å². The molecule has 2 amide bonds. The van der Waals surface area contributed by atoms with Crippen molar-refractivity contribution in [3.63, 3.8) is 0 Å². The molecule has 0 bridgehead atoms. The van der Waals surface area contributed by atoms with Crippen LogP contribution in [0.3, 0.4) is 0 Å². The molecule has 2 aliphatic heterocycles. The van der Waals surface area contributed by atoms with Gasteiger partial charge in [0, 0.05) is 30.2 Å². The molecule has 2 atom stereocenters. The van der Waals surface area contributed by atoms with E-state index in [0.717, 1.165) is 43.6 Å². The molecule has 2 aliphatic rings. The van der Waals surface area contributed by atoms with Crippen molar-refractivity contribution in [2.75, 3.05) is 32.7 Å². The highest BCUT2D eigenvalue weighted by Gasteiger charge is 2.43. The fraction of sp³-hybridized carbons (Fsp3) is 0.481. The van der Waals surface area contributed by atoms with Crippen LogP contribution in [0.2, 0.25) is 5.02 Å². The zero-order valence-electron chi connectivity index (χ0n) is 19.4. The summed E-state index contributed by atoms with van der Waals surface area (Å²) >= 11 is 6.34. The average molecular weight is 468 g/mol. The maximum Gasteiger partial charge on any atom is 0.254 e. The Morgan fingerprint density at radius 1 is 1.06 bits per heavy atom. The predicted molar refractivity (Wildman–Crippen MR) is 133 cm³/mol. The summed E-state index contributed by atoms with van der Waals surface area (Å²) in [5.74, 6) is -0.518. The third-order valence-corrected chi connectivity index (χ3v) is 7.07. The summed E-state index contributed by atoms with van der Waals surface area (Å²) in [6.45, 7) is 6.40. The Balaban J connectivity index is 1.65. The number of halogens is 1. The third kappa shape index (κ3) is 5.42. The molecule has 0 radical (unpaired) electrons. The minimum Gasteiger partial charge on any atom is -0.354 e. The van der Waals surface area contributed by atoms with E-state index in [1.165, 1.54) is 19.3 Å². The Morgan fingerprint density at radius 2 is 1.85 bits per heavy atom. The summed E-state index contributed by atoms with van der Waals surface area (Å²) < 4.78 is 0.